The van der Waals surface area contributed by atoms with E-state index in [-0.39, 0.29) is 12.1 Å². The van der Waals surface area contributed by atoms with Gasteiger partial charge in [-0.2, -0.15) is 0 Å². The fourth-order valence-electron chi connectivity index (χ4n) is 2.68. The summed E-state index contributed by atoms with van der Waals surface area (Å²) >= 11 is 6.18. The lowest BCUT2D eigenvalue weighted by molar-refractivity contribution is 0.0715. The highest BCUT2D eigenvalue weighted by atomic mass is 35.5. The number of hydrogen-bond acceptors (Lipinski definition) is 5. The molecule has 1 unspecified atom stereocenters. The second kappa shape index (κ2) is 7.50. The van der Waals surface area contributed by atoms with Gasteiger partial charge in [-0.05, 0) is 39.0 Å². The SMILES string of the molecule is Cc1nc(-c2ccc(NCC(C)(O)c3ccccc3Cl)nc2)[nH]c(=O)c1C. The van der Waals surface area contributed by atoms with Gasteiger partial charge in [-0.25, -0.2) is 9.97 Å². The first-order valence-corrected chi connectivity index (χ1v) is 8.91. The van der Waals surface area contributed by atoms with Crippen molar-refractivity contribution in [3.63, 3.8) is 0 Å². The van der Waals surface area contributed by atoms with E-state index in [0.717, 1.165) is 0 Å². The van der Waals surface area contributed by atoms with Crippen molar-refractivity contribution in [3.8, 4) is 11.4 Å². The number of nitrogens with zero attached hydrogens (tertiary/aromatic N) is 2. The molecule has 2 heterocycles. The number of rotatable bonds is 5. The molecular weight excluding hydrogens is 364 g/mol. The van der Waals surface area contributed by atoms with Gasteiger partial charge in [0.25, 0.3) is 5.56 Å². The van der Waals surface area contributed by atoms with E-state index in [1.54, 1.807) is 45.2 Å². The van der Waals surface area contributed by atoms with Gasteiger partial charge in [-0.1, -0.05) is 29.8 Å². The molecule has 1 atom stereocenters. The highest BCUT2D eigenvalue weighted by Gasteiger charge is 2.25. The Balaban J connectivity index is 1.75. The second-order valence-electron chi connectivity index (χ2n) is 6.66. The van der Waals surface area contributed by atoms with Crippen LogP contribution in [0.3, 0.4) is 0 Å². The van der Waals surface area contributed by atoms with Crippen LogP contribution in [-0.4, -0.2) is 26.6 Å². The fraction of sp³-hybridized carbons (Fsp3) is 0.250. The lowest BCUT2D eigenvalue weighted by Crippen LogP contribution is -2.31. The minimum absolute atomic E-state index is 0.157. The van der Waals surface area contributed by atoms with Crippen molar-refractivity contribution in [1.82, 2.24) is 15.0 Å². The number of aromatic amines is 1. The van der Waals surface area contributed by atoms with Crippen LogP contribution in [0.2, 0.25) is 5.02 Å². The van der Waals surface area contributed by atoms with Crippen molar-refractivity contribution in [2.75, 3.05) is 11.9 Å². The molecule has 3 rings (SSSR count). The summed E-state index contributed by atoms with van der Waals surface area (Å²) in [5, 5.41) is 14.3. The van der Waals surface area contributed by atoms with Crippen LogP contribution in [0.25, 0.3) is 11.4 Å². The number of aliphatic hydroxyl groups is 1. The molecule has 2 aromatic heterocycles. The molecule has 0 aliphatic rings. The zero-order chi connectivity index (χ0) is 19.6. The number of benzene rings is 1. The summed E-state index contributed by atoms with van der Waals surface area (Å²) < 4.78 is 0. The van der Waals surface area contributed by atoms with Crippen molar-refractivity contribution in [3.05, 3.63) is 74.8 Å². The molecule has 0 fully saturated rings. The van der Waals surface area contributed by atoms with Crippen LogP contribution in [0, 0.1) is 13.8 Å². The van der Waals surface area contributed by atoms with E-state index in [0.29, 0.717) is 39.0 Å². The van der Waals surface area contributed by atoms with Gasteiger partial charge >= 0.3 is 0 Å². The maximum atomic E-state index is 11.9. The quantitative estimate of drug-likeness (QED) is 0.627. The lowest BCUT2D eigenvalue weighted by Gasteiger charge is -2.25. The third kappa shape index (κ3) is 4.18. The van der Waals surface area contributed by atoms with Gasteiger partial charge in [-0.15, -0.1) is 0 Å². The predicted octanol–water partition coefficient (Wildman–Crippen LogP) is 3.42. The molecule has 7 heteroatoms. The highest BCUT2D eigenvalue weighted by Crippen LogP contribution is 2.28. The van der Waals surface area contributed by atoms with Crippen molar-refractivity contribution >= 4 is 17.4 Å². The third-order valence-electron chi connectivity index (χ3n) is 4.50. The third-order valence-corrected chi connectivity index (χ3v) is 4.83. The minimum Gasteiger partial charge on any atom is -0.384 e. The topological polar surface area (TPSA) is 90.9 Å². The summed E-state index contributed by atoms with van der Waals surface area (Å²) in [5.74, 6) is 1.07. The molecule has 3 aromatic rings. The maximum Gasteiger partial charge on any atom is 0.254 e. The van der Waals surface area contributed by atoms with Gasteiger partial charge in [0.15, 0.2) is 0 Å². The average molecular weight is 385 g/mol. The van der Waals surface area contributed by atoms with Gasteiger partial charge in [0.1, 0.15) is 17.2 Å². The van der Waals surface area contributed by atoms with Crippen molar-refractivity contribution in [2.24, 2.45) is 0 Å². The van der Waals surface area contributed by atoms with Crippen molar-refractivity contribution in [2.45, 2.75) is 26.4 Å². The smallest absolute Gasteiger partial charge is 0.254 e. The summed E-state index contributed by atoms with van der Waals surface area (Å²) in [6, 6.07) is 10.8. The summed E-state index contributed by atoms with van der Waals surface area (Å²) in [4.78, 5) is 23.4. The molecule has 0 aliphatic carbocycles. The number of halogens is 1. The van der Waals surface area contributed by atoms with Gasteiger partial charge < -0.3 is 15.4 Å². The summed E-state index contributed by atoms with van der Waals surface area (Å²) in [6.07, 6.45) is 1.62. The Morgan fingerprint density at radius 2 is 1.96 bits per heavy atom. The number of aromatic nitrogens is 3. The number of H-pyrrole nitrogens is 1. The molecule has 3 N–H and O–H groups in total. The first-order chi connectivity index (χ1) is 12.8. The molecule has 6 nitrogen and oxygen atoms in total. The highest BCUT2D eigenvalue weighted by molar-refractivity contribution is 6.31. The molecule has 0 radical (unpaired) electrons. The number of anilines is 1. The van der Waals surface area contributed by atoms with Gasteiger partial charge in [0, 0.05) is 40.1 Å². The first kappa shape index (κ1) is 19.1. The van der Waals surface area contributed by atoms with Crippen molar-refractivity contribution < 1.29 is 5.11 Å². The van der Waals surface area contributed by atoms with Crippen LogP contribution >= 0.6 is 11.6 Å². The van der Waals surface area contributed by atoms with Gasteiger partial charge in [0.2, 0.25) is 0 Å². The minimum atomic E-state index is -1.15. The second-order valence-corrected chi connectivity index (χ2v) is 7.07. The number of hydrogen-bond donors (Lipinski definition) is 3. The Kier molecular flexibility index (Phi) is 5.30. The van der Waals surface area contributed by atoms with Gasteiger partial charge in [0.05, 0.1) is 0 Å². The summed E-state index contributed by atoms with van der Waals surface area (Å²) in [6.45, 7) is 5.47. The Bertz CT molecular complexity index is 1010. The van der Waals surface area contributed by atoms with E-state index in [1.165, 1.54) is 0 Å². The maximum absolute atomic E-state index is 11.9. The van der Waals surface area contributed by atoms with Gasteiger partial charge in [-0.3, -0.25) is 4.79 Å². The van der Waals surface area contributed by atoms with Crippen LogP contribution < -0.4 is 10.9 Å². The first-order valence-electron chi connectivity index (χ1n) is 8.53. The van der Waals surface area contributed by atoms with Crippen LogP contribution in [0.5, 0.6) is 0 Å². The standard InChI is InChI=1S/C20H21ClN4O2/c1-12-13(2)24-18(25-19(12)26)14-8-9-17(22-10-14)23-11-20(3,27)15-6-4-5-7-16(15)21/h4-10,27H,11H2,1-3H3,(H,22,23)(H,24,25,26). The van der Waals surface area contributed by atoms with E-state index in [4.69, 9.17) is 11.6 Å². The lowest BCUT2D eigenvalue weighted by atomic mass is 9.96. The molecule has 27 heavy (non-hydrogen) atoms. The normalized spacial score (nSPS) is 13.2. The van der Waals surface area contributed by atoms with Crippen LogP contribution in [-0.2, 0) is 5.60 Å². The van der Waals surface area contributed by atoms with E-state index in [1.807, 2.05) is 18.2 Å². The van der Waals surface area contributed by atoms with E-state index in [2.05, 4.69) is 20.3 Å². The van der Waals surface area contributed by atoms with Crippen LogP contribution in [0.15, 0.2) is 47.4 Å². The molecule has 140 valence electrons. The zero-order valence-electron chi connectivity index (χ0n) is 15.4. The van der Waals surface area contributed by atoms with E-state index >= 15 is 0 Å². The van der Waals surface area contributed by atoms with Crippen LogP contribution in [0.4, 0.5) is 5.82 Å². The Morgan fingerprint density at radius 3 is 2.59 bits per heavy atom. The fourth-order valence-corrected chi connectivity index (χ4v) is 3.02. The molecule has 0 saturated heterocycles. The van der Waals surface area contributed by atoms with Crippen molar-refractivity contribution in [1.29, 1.82) is 0 Å². The zero-order valence-corrected chi connectivity index (χ0v) is 16.1. The molecule has 0 saturated carbocycles. The Labute approximate surface area is 162 Å². The van der Waals surface area contributed by atoms with E-state index in [9.17, 15) is 9.90 Å². The summed E-state index contributed by atoms with van der Waals surface area (Å²) in [5.41, 5.74) is 1.33. The molecule has 1 aromatic carbocycles. The molecule has 0 bridgehead atoms. The monoisotopic (exact) mass is 384 g/mol. The molecule has 0 spiro atoms. The predicted molar refractivity (Wildman–Crippen MR) is 107 cm³/mol. The Hall–Kier alpha value is -2.70. The average Bonchev–Trinajstić information content (AvgIpc) is 2.65. The molecular formula is C20H21ClN4O2. The molecule has 0 aliphatic heterocycles. The molecule has 0 amide bonds. The van der Waals surface area contributed by atoms with E-state index < -0.39 is 5.60 Å². The number of nitrogens with one attached hydrogen (secondary N) is 2. The Morgan fingerprint density at radius 1 is 1.22 bits per heavy atom. The summed E-state index contributed by atoms with van der Waals surface area (Å²) in [7, 11) is 0. The largest absolute Gasteiger partial charge is 0.384 e. The number of aryl methyl sites for hydroxylation is 1. The van der Waals surface area contributed by atoms with Crippen LogP contribution in [0.1, 0.15) is 23.7 Å². The number of pyridine rings is 1.